The van der Waals surface area contributed by atoms with Crippen molar-refractivity contribution < 1.29 is 17.9 Å². The van der Waals surface area contributed by atoms with Crippen LogP contribution in [0, 0.1) is 11.3 Å². The van der Waals surface area contributed by atoms with E-state index in [2.05, 4.69) is 5.32 Å². The molecule has 0 aliphatic carbocycles. The van der Waals surface area contributed by atoms with Gasteiger partial charge in [0.2, 0.25) is 15.9 Å². The van der Waals surface area contributed by atoms with Crippen molar-refractivity contribution in [3.63, 3.8) is 0 Å². The van der Waals surface area contributed by atoms with Gasteiger partial charge in [-0.15, -0.1) is 0 Å². The molecule has 1 fully saturated rings. The highest BCUT2D eigenvalue weighted by Crippen LogP contribution is 2.27. The Morgan fingerprint density at radius 3 is 2.34 bits per heavy atom. The molecule has 4 rings (SSSR count). The lowest BCUT2D eigenvalue weighted by Gasteiger charge is -2.38. The van der Waals surface area contributed by atoms with Crippen LogP contribution in [0.15, 0.2) is 83.8 Å². The number of ether oxygens (including phenoxy) is 1. The predicted octanol–water partition coefficient (Wildman–Crippen LogP) is 3.25. The molecule has 0 saturated carbocycles. The van der Waals surface area contributed by atoms with Crippen LogP contribution in [0.4, 0.5) is 5.69 Å². The average molecular weight is 491 g/mol. The second-order valence-corrected chi connectivity index (χ2v) is 9.99. The highest BCUT2D eigenvalue weighted by atomic mass is 32.2. The molecule has 3 aromatic carbocycles. The van der Waals surface area contributed by atoms with Crippen molar-refractivity contribution in [3.8, 4) is 11.8 Å². The number of methoxy groups -OCH3 is 1. The molecular weight excluding hydrogens is 464 g/mol. The largest absolute Gasteiger partial charge is 0.497 e. The van der Waals surface area contributed by atoms with Gasteiger partial charge in [0, 0.05) is 37.9 Å². The van der Waals surface area contributed by atoms with Crippen molar-refractivity contribution in [2.45, 2.75) is 10.9 Å². The van der Waals surface area contributed by atoms with Gasteiger partial charge in [-0.25, -0.2) is 8.42 Å². The molecule has 180 valence electrons. The number of sulfonamides is 1. The fourth-order valence-electron chi connectivity index (χ4n) is 4.20. The quantitative estimate of drug-likeness (QED) is 0.545. The lowest BCUT2D eigenvalue weighted by molar-refractivity contribution is -0.122. The molecule has 0 radical (unpaired) electrons. The van der Waals surface area contributed by atoms with Crippen LogP contribution in [-0.2, 0) is 14.8 Å². The molecule has 35 heavy (non-hydrogen) atoms. The van der Waals surface area contributed by atoms with Crippen molar-refractivity contribution >= 4 is 21.6 Å². The van der Waals surface area contributed by atoms with Crippen LogP contribution >= 0.6 is 0 Å². The number of carbonyl (C=O) groups is 1. The standard InChI is InChI=1S/C26H26N4O4S/c1-34-23-12-7-11-22(18-23)28-26(31)25(20-8-3-2-4-9-20)29-14-16-30(17-15-29)35(32,33)24-13-6-5-10-21(24)19-27/h2-13,18,25H,14-17H2,1H3,(H,28,31)/t25-/m0/s1. The van der Waals surface area contributed by atoms with Gasteiger partial charge in [0.05, 0.1) is 17.6 Å². The monoisotopic (exact) mass is 490 g/mol. The normalized spacial score (nSPS) is 15.7. The molecule has 8 nitrogen and oxygen atoms in total. The summed E-state index contributed by atoms with van der Waals surface area (Å²) in [6, 6.07) is 24.1. The number of benzene rings is 3. The smallest absolute Gasteiger partial charge is 0.246 e. The molecule has 1 amide bonds. The summed E-state index contributed by atoms with van der Waals surface area (Å²) in [6.07, 6.45) is 0. The van der Waals surface area contributed by atoms with Crippen LogP contribution in [0.3, 0.4) is 0 Å². The Morgan fingerprint density at radius 2 is 1.66 bits per heavy atom. The third-order valence-corrected chi connectivity index (χ3v) is 7.92. The fourth-order valence-corrected chi connectivity index (χ4v) is 5.76. The van der Waals surface area contributed by atoms with E-state index in [1.165, 1.54) is 16.4 Å². The van der Waals surface area contributed by atoms with Gasteiger partial charge < -0.3 is 10.1 Å². The van der Waals surface area contributed by atoms with E-state index in [1.54, 1.807) is 43.5 Å². The number of carbonyl (C=O) groups excluding carboxylic acids is 1. The van der Waals surface area contributed by atoms with Crippen LogP contribution in [0.1, 0.15) is 17.2 Å². The molecule has 1 atom stereocenters. The van der Waals surface area contributed by atoms with E-state index >= 15 is 0 Å². The number of hydrogen-bond acceptors (Lipinski definition) is 6. The Labute approximate surface area is 205 Å². The van der Waals surface area contributed by atoms with Crippen LogP contribution in [0.5, 0.6) is 5.75 Å². The van der Waals surface area contributed by atoms with Crippen LogP contribution in [0.25, 0.3) is 0 Å². The van der Waals surface area contributed by atoms with Crippen molar-refractivity contribution in [1.82, 2.24) is 9.21 Å². The number of amides is 1. The Kier molecular flexibility index (Phi) is 7.46. The van der Waals surface area contributed by atoms with Gasteiger partial charge in [-0.2, -0.15) is 9.57 Å². The third-order valence-electron chi connectivity index (χ3n) is 5.96. The summed E-state index contributed by atoms with van der Waals surface area (Å²) in [5, 5.41) is 12.3. The van der Waals surface area contributed by atoms with E-state index in [9.17, 15) is 18.5 Å². The number of anilines is 1. The molecule has 0 aromatic heterocycles. The molecule has 1 saturated heterocycles. The van der Waals surface area contributed by atoms with Gasteiger partial charge in [-0.1, -0.05) is 48.5 Å². The van der Waals surface area contributed by atoms with E-state index in [-0.39, 0.29) is 29.5 Å². The van der Waals surface area contributed by atoms with Crippen molar-refractivity contribution in [2.24, 2.45) is 0 Å². The summed E-state index contributed by atoms with van der Waals surface area (Å²) in [7, 11) is -2.26. The lowest BCUT2D eigenvalue weighted by atomic mass is 10.0. The summed E-state index contributed by atoms with van der Waals surface area (Å²) in [5.41, 5.74) is 1.55. The first-order valence-electron chi connectivity index (χ1n) is 11.2. The van der Waals surface area contributed by atoms with Gasteiger partial charge >= 0.3 is 0 Å². The second kappa shape index (κ2) is 10.7. The number of nitrogens with one attached hydrogen (secondary N) is 1. The average Bonchev–Trinajstić information content (AvgIpc) is 2.90. The van der Waals surface area contributed by atoms with Gasteiger partial charge in [0.25, 0.3) is 0 Å². The molecule has 0 bridgehead atoms. The third kappa shape index (κ3) is 5.35. The van der Waals surface area contributed by atoms with Crippen LogP contribution < -0.4 is 10.1 Å². The maximum Gasteiger partial charge on any atom is 0.246 e. The maximum absolute atomic E-state index is 13.4. The number of piperazine rings is 1. The summed E-state index contributed by atoms with van der Waals surface area (Å²) >= 11 is 0. The van der Waals surface area contributed by atoms with Crippen molar-refractivity contribution in [1.29, 1.82) is 5.26 Å². The van der Waals surface area contributed by atoms with E-state index in [4.69, 9.17) is 4.74 Å². The summed E-state index contributed by atoms with van der Waals surface area (Å²) < 4.78 is 33.1. The zero-order chi connectivity index (χ0) is 24.8. The number of nitrogens with zero attached hydrogens (tertiary/aromatic N) is 3. The summed E-state index contributed by atoms with van der Waals surface area (Å²) in [4.78, 5) is 15.4. The van der Waals surface area contributed by atoms with Gasteiger partial charge in [-0.05, 0) is 29.8 Å². The van der Waals surface area contributed by atoms with E-state index in [1.807, 2.05) is 41.3 Å². The Balaban J connectivity index is 1.54. The van der Waals surface area contributed by atoms with Gasteiger partial charge in [0.1, 0.15) is 17.9 Å². The predicted molar refractivity (Wildman–Crippen MR) is 132 cm³/mol. The minimum Gasteiger partial charge on any atom is -0.497 e. The Bertz CT molecular complexity index is 1330. The number of hydrogen-bond donors (Lipinski definition) is 1. The number of nitriles is 1. The molecular formula is C26H26N4O4S. The minimum atomic E-state index is -3.83. The minimum absolute atomic E-state index is 0.00586. The molecule has 0 spiro atoms. The van der Waals surface area contributed by atoms with Gasteiger partial charge in [-0.3, -0.25) is 9.69 Å². The highest BCUT2D eigenvalue weighted by molar-refractivity contribution is 7.89. The van der Waals surface area contributed by atoms with Crippen molar-refractivity contribution in [3.05, 3.63) is 90.0 Å². The molecule has 1 aliphatic rings. The molecule has 0 unspecified atom stereocenters. The molecule has 1 aliphatic heterocycles. The zero-order valence-electron chi connectivity index (χ0n) is 19.3. The Morgan fingerprint density at radius 1 is 0.971 bits per heavy atom. The van der Waals surface area contributed by atoms with E-state index in [0.29, 0.717) is 24.5 Å². The van der Waals surface area contributed by atoms with E-state index < -0.39 is 16.1 Å². The second-order valence-electron chi connectivity index (χ2n) is 8.08. The van der Waals surface area contributed by atoms with Crippen LogP contribution in [-0.4, -0.2) is 56.8 Å². The summed E-state index contributed by atoms with van der Waals surface area (Å²) in [5.74, 6) is 0.422. The number of rotatable bonds is 7. The van der Waals surface area contributed by atoms with Crippen LogP contribution in [0.2, 0.25) is 0 Å². The highest BCUT2D eigenvalue weighted by Gasteiger charge is 2.35. The molecule has 1 heterocycles. The zero-order valence-corrected chi connectivity index (χ0v) is 20.1. The fraction of sp³-hybridized carbons (Fsp3) is 0.231. The van der Waals surface area contributed by atoms with Gasteiger partial charge in [0.15, 0.2) is 0 Å². The summed E-state index contributed by atoms with van der Waals surface area (Å²) in [6.45, 7) is 1.13. The van der Waals surface area contributed by atoms with Crippen molar-refractivity contribution in [2.75, 3.05) is 38.6 Å². The first-order chi connectivity index (χ1) is 16.9. The maximum atomic E-state index is 13.4. The molecule has 9 heteroatoms. The van der Waals surface area contributed by atoms with E-state index in [0.717, 1.165) is 5.56 Å². The lowest BCUT2D eigenvalue weighted by Crippen LogP contribution is -2.51. The molecule has 1 N–H and O–H groups in total. The SMILES string of the molecule is COc1cccc(NC(=O)[C@H](c2ccccc2)N2CCN(S(=O)(=O)c3ccccc3C#N)CC2)c1. The Hall–Kier alpha value is -3.71. The molecule has 3 aromatic rings. The first-order valence-corrected chi connectivity index (χ1v) is 12.6. The topological polar surface area (TPSA) is 103 Å². The first kappa shape index (κ1) is 24.4.